The molecule has 1 N–H and O–H groups in total. The number of hydrogen-bond acceptors (Lipinski definition) is 3. The first-order chi connectivity index (χ1) is 8.33. The van der Waals surface area contributed by atoms with Crippen molar-refractivity contribution in [2.24, 2.45) is 0 Å². The van der Waals surface area contributed by atoms with Gasteiger partial charge < -0.3 is 5.32 Å². The maximum atomic E-state index is 11.8. The molecule has 1 aromatic rings. The second kappa shape index (κ2) is 6.27. The van der Waals surface area contributed by atoms with Crippen molar-refractivity contribution in [2.75, 3.05) is 11.1 Å². The summed E-state index contributed by atoms with van der Waals surface area (Å²) >= 11 is 1.64. The van der Waals surface area contributed by atoms with E-state index < -0.39 is 0 Å². The van der Waals surface area contributed by atoms with Crippen LogP contribution in [0.4, 0.5) is 5.82 Å². The molecule has 0 spiro atoms. The van der Waals surface area contributed by atoms with Crippen LogP contribution >= 0.6 is 11.8 Å². The average molecular weight is 269 g/mol. The number of rotatable bonds is 5. The van der Waals surface area contributed by atoms with Gasteiger partial charge in [0.05, 0.1) is 18.0 Å². The van der Waals surface area contributed by atoms with Crippen molar-refractivity contribution in [3.8, 4) is 0 Å². The Bertz CT molecular complexity index is 395. The van der Waals surface area contributed by atoms with Gasteiger partial charge in [-0.1, -0.05) is 27.7 Å². The van der Waals surface area contributed by atoms with E-state index in [9.17, 15) is 4.79 Å². The molecule has 1 rings (SSSR count). The molecule has 1 amide bonds. The van der Waals surface area contributed by atoms with Crippen molar-refractivity contribution in [3.63, 3.8) is 0 Å². The van der Waals surface area contributed by atoms with E-state index in [0.717, 1.165) is 12.2 Å². The van der Waals surface area contributed by atoms with Crippen LogP contribution in [-0.2, 0) is 4.79 Å². The molecule has 0 aliphatic rings. The number of amides is 1. The minimum Gasteiger partial charge on any atom is -0.310 e. The summed E-state index contributed by atoms with van der Waals surface area (Å²) in [5, 5.41) is 7.16. The highest BCUT2D eigenvalue weighted by molar-refractivity contribution is 8.01. The number of nitrogens with zero attached hydrogens (tertiary/aromatic N) is 2. The van der Waals surface area contributed by atoms with Crippen molar-refractivity contribution < 1.29 is 4.79 Å². The van der Waals surface area contributed by atoms with E-state index >= 15 is 0 Å². The Labute approximate surface area is 114 Å². The molecule has 0 bridgehead atoms. The standard InChI is InChI=1S/C13H23N3OS/c1-6-10(2)16-11(7-8-14-16)15-12(17)9-18-13(3,4)5/h7-8,10H,6,9H2,1-5H3,(H,15,17). The lowest BCUT2D eigenvalue weighted by atomic mass is 10.3. The number of hydrogen-bond donors (Lipinski definition) is 1. The largest absolute Gasteiger partial charge is 0.310 e. The molecular weight excluding hydrogens is 246 g/mol. The lowest BCUT2D eigenvalue weighted by Gasteiger charge is -2.18. The van der Waals surface area contributed by atoms with Crippen molar-refractivity contribution in [1.29, 1.82) is 0 Å². The highest BCUT2D eigenvalue weighted by Crippen LogP contribution is 2.23. The highest BCUT2D eigenvalue weighted by atomic mass is 32.2. The third-order valence-electron chi connectivity index (χ3n) is 2.58. The molecule has 1 heterocycles. The second-order valence-electron chi connectivity index (χ2n) is 5.37. The van der Waals surface area contributed by atoms with E-state index in [1.807, 2.05) is 10.7 Å². The highest BCUT2D eigenvalue weighted by Gasteiger charge is 2.15. The second-order valence-corrected chi connectivity index (χ2v) is 7.17. The summed E-state index contributed by atoms with van der Waals surface area (Å²) in [7, 11) is 0. The minimum atomic E-state index is 0.0278. The van der Waals surface area contributed by atoms with E-state index in [0.29, 0.717) is 11.8 Å². The van der Waals surface area contributed by atoms with Crippen molar-refractivity contribution >= 4 is 23.5 Å². The maximum absolute atomic E-state index is 11.8. The van der Waals surface area contributed by atoms with Gasteiger partial charge in [-0.25, -0.2) is 4.68 Å². The summed E-state index contributed by atoms with van der Waals surface area (Å²) < 4.78 is 1.97. The average Bonchev–Trinajstić information content (AvgIpc) is 2.72. The van der Waals surface area contributed by atoms with Crippen LogP contribution in [-0.4, -0.2) is 26.2 Å². The molecule has 1 aromatic heterocycles. The molecule has 0 fully saturated rings. The molecule has 0 radical (unpaired) electrons. The quantitative estimate of drug-likeness (QED) is 0.892. The van der Waals surface area contributed by atoms with Crippen LogP contribution in [0.2, 0.25) is 0 Å². The molecule has 5 heteroatoms. The van der Waals surface area contributed by atoms with Gasteiger partial charge in [-0.2, -0.15) is 5.10 Å². The van der Waals surface area contributed by atoms with E-state index in [1.165, 1.54) is 0 Å². The lowest BCUT2D eigenvalue weighted by Crippen LogP contribution is -2.21. The number of anilines is 1. The van der Waals surface area contributed by atoms with Gasteiger partial charge in [0.1, 0.15) is 5.82 Å². The molecule has 0 aliphatic heterocycles. The first-order valence-electron chi connectivity index (χ1n) is 6.31. The molecule has 1 unspecified atom stereocenters. The molecule has 0 saturated heterocycles. The summed E-state index contributed by atoms with van der Waals surface area (Å²) in [4.78, 5) is 11.8. The first kappa shape index (κ1) is 15.1. The van der Waals surface area contributed by atoms with Crippen molar-refractivity contribution in [2.45, 2.75) is 51.8 Å². The summed E-state index contributed by atoms with van der Waals surface area (Å²) in [6.07, 6.45) is 2.71. The Morgan fingerprint density at radius 3 is 2.78 bits per heavy atom. The number of thioether (sulfide) groups is 1. The van der Waals surface area contributed by atoms with Crippen LogP contribution in [0.1, 0.15) is 47.1 Å². The van der Waals surface area contributed by atoms with Gasteiger partial charge in [-0.05, 0) is 13.3 Å². The first-order valence-corrected chi connectivity index (χ1v) is 7.29. The summed E-state index contributed by atoms with van der Waals surface area (Å²) in [6.45, 7) is 10.5. The zero-order chi connectivity index (χ0) is 13.8. The van der Waals surface area contributed by atoms with Crippen molar-refractivity contribution in [3.05, 3.63) is 12.3 Å². The van der Waals surface area contributed by atoms with Crippen LogP contribution in [0.25, 0.3) is 0 Å². The number of carbonyl (C=O) groups excluding carboxylic acids is 1. The third kappa shape index (κ3) is 4.72. The Morgan fingerprint density at radius 1 is 1.56 bits per heavy atom. The Morgan fingerprint density at radius 2 is 2.22 bits per heavy atom. The van der Waals surface area contributed by atoms with E-state index in [2.05, 4.69) is 45.0 Å². The predicted octanol–water partition coefficient (Wildman–Crippen LogP) is 3.32. The number of aromatic nitrogens is 2. The lowest BCUT2D eigenvalue weighted by molar-refractivity contribution is -0.113. The molecule has 18 heavy (non-hydrogen) atoms. The normalized spacial score (nSPS) is 13.4. The molecule has 4 nitrogen and oxygen atoms in total. The molecule has 0 aromatic carbocycles. The fraction of sp³-hybridized carbons (Fsp3) is 0.692. The van der Waals surface area contributed by atoms with Crippen LogP contribution in [0, 0.1) is 0 Å². The van der Waals surface area contributed by atoms with Crippen LogP contribution < -0.4 is 5.32 Å². The van der Waals surface area contributed by atoms with Gasteiger partial charge in [0.2, 0.25) is 5.91 Å². The number of carbonyl (C=O) groups is 1. The molecule has 102 valence electrons. The maximum Gasteiger partial charge on any atom is 0.235 e. The van der Waals surface area contributed by atoms with E-state index in [-0.39, 0.29) is 10.7 Å². The summed E-state index contributed by atoms with van der Waals surface area (Å²) in [5.74, 6) is 1.28. The fourth-order valence-corrected chi connectivity index (χ4v) is 2.03. The smallest absolute Gasteiger partial charge is 0.235 e. The summed E-state index contributed by atoms with van der Waals surface area (Å²) in [6, 6.07) is 2.14. The third-order valence-corrected chi connectivity index (χ3v) is 3.85. The monoisotopic (exact) mass is 269 g/mol. The van der Waals surface area contributed by atoms with Gasteiger partial charge in [-0.3, -0.25) is 4.79 Å². The topological polar surface area (TPSA) is 46.9 Å². The zero-order valence-electron chi connectivity index (χ0n) is 11.9. The molecular formula is C13H23N3OS. The van der Waals surface area contributed by atoms with Crippen LogP contribution in [0.5, 0.6) is 0 Å². The number of nitrogens with one attached hydrogen (secondary N) is 1. The van der Waals surface area contributed by atoms with Gasteiger partial charge in [0.15, 0.2) is 0 Å². The fourth-order valence-electron chi connectivity index (χ4n) is 1.40. The Kier molecular flexibility index (Phi) is 5.26. The van der Waals surface area contributed by atoms with Crippen LogP contribution in [0.3, 0.4) is 0 Å². The minimum absolute atomic E-state index is 0.0278. The Hall–Kier alpha value is -0.970. The molecule has 1 atom stereocenters. The Balaban J connectivity index is 2.57. The van der Waals surface area contributed by atoms with E-state index in [1.54, 1.807) is 18.0 Å². The van der Waals surface area contributed by atoms with Gasteiger partial charge in [0, 0.05) is 10.8 Å². The van der Waals surface area contributed by atoms with E-state index in [4.69, 9.17) is 0 Å². The van der Waals surface area contributed by atoms with Crippen molar-refractivity contribution in [1.82, 2.24) is 9.78 Å². The molecule has 0 aliphatic carbocycles. The van der Waals surface area contributed by atoms with Gasteiger partial charge >= 0.3 is 0 Å². The summed E-state index contributed by atoms with van der Waals surface area (Å²) in [5.41, 5.74) is 0. The zero-order valence-corrected chi connectivity index (χ0v) is 12.7. The van der Waals surface area contributed by atoms with Gasteiger partial charge in [-0.15, -0.1) is 11.8 Å². The predicted molar refractivity (Wildman–Crippen MR) is 78.1 cm³/mol. The molecule has 0 saturated carbocycles. The van der Waals surface area contributed by atoms with Gasteiger partial charge in [0.25, 0.3) is 0 Å². The SMILES string of the molecule is CCC(C)n1nccc1NC(=O)CSC(C)(C)C. The van der Waals surface area contributed by atoms with Crippen LogP contribution in [0.15, 0.2) is 12.3 Å².